The zero-order valence-electron chi connectivity index (χ0n) is 13.4. The average molecular weight is 332 g/mol. The Balaban J connectivity index is 1.45. The summed E-state index contributed by atoms with van der Waals surface area (Å²) in [6, 6.07) is 6.52. The van der Waals surface area contributed by atoms with Crippen molar-refractivity contribution in [3.63, 3.8) is 0 Å². The molecule has 1 aliphatic rings. The van der Waals surface area contributed by atoms with Gasteiger partial charge in [0.25, 0.3) is 0 Å². The van der Waals surface area contributed by atoms with Gasteiger partial charge in [0.2, 0.25) is 5.91 Å². The zero-order valence-corrected chi connectivity index (χ0v) is 14.2. The first-order valence-corrected chi connectivity index (χ1v) is 9.20. The number of nitrogens with one attached hydrogen (secondary N) is 1. The molecule has 0 unspecified atom stereocenters. The lowest BCUT2D eigenvalue weighted by Gasteiger charge is -2.35. The fourth-order valence-corrected chi connectivity index (χ4v) is 3.83. The molecule has 3 heterocycles. The first kappa shape index (κ1) is 16.2. The number of likely N-dealkylation sites (tertiary alicyclic amines) is 1. The number of hydrogen-bond acceptors (Lipinski definition) is 4. The number of rotatable bonds is 7. The number of thiophene rings is 1. The summed E-state index contributed by atoms with van der Waals surface area (Å²) < 4.78 is 1.97. The van der Waals surface area contributed by atoms with Gasteiger partial charge in [-0.3, -0.25) is 14.4 Å². The van der Waals surface area contributed by atoms with Gasteiger partial charge in [-0.15, -0.1) is 11.3 Å². The molecule has 1 N–H and O–H groups in total. The second-order valence-electron chi connectivity index (χ2n) is 6.03. The molecule has 1 fully saturated rings. The third kappa shape index (κ3) is 4.91. The largest absolute Gasteiger partial charge is 0.355 e. The summed E-state index contributed by atoms with van der Waals surface area (Å²) in [6.07, 6.45) is 8.28. The van der Waals surface area contributed by atoms with Crippen LogP contribution in [0.3, 0.4) is 0 Å². The molecule has 5 nitrogen and oxygen atoms in total. The van der Waals surface area contributed by atoms with Crippen LogP contribution in [0.25, 0.3) is 0 Å². The van der Waals surface area contributed by atoms with Crippen molar-refractivity contribution in [2.45, 2.75) is 38.3 Å². The molecular formula is C17H24N4OS. The van der Waals surface area contributed by atoms with E-state index in [1.807, 2.05) is 23.1 Å². The van der Waals surface area contributed by atoms with Gasteiger partial charge in [-0.1, -0.05) is 12.5 Å². The number of amides is 1. The fourth-order valence-electron chi connectivity index (χ4n) is 3.12. The Bertz CT molecular complexity index is 582. The maximum absolute atomic E-state index is 12.2. The predicted octanol–water partition coefficient (Wildman–Crippen LogP) is 2.16. The van der Waals surface area contributed by atoms with Gasteiger partial charge in [0.15, 0.2) is 0 Å². The monoisotopic (exact) mass is 332 g/mol. The van der Waals surface area contributed by atoms with E-state index >= 15 is 0 Å². The van der Waals surface area contributed by atoms with Gasteiger partial charge in [-0.05, 0) is 43.3 Å². The molecule has 3 rings (SSSR count). The summed E-state index contributed by atoms with van der Waals surface area (Å²) in [7, 11) is 0. The highest BCUT2D eigenvalue weighted by atomic mass is 32.1. The molecule has 6 heteroatoms. The van der Waals surface area contributed by atoms with Gasteiger partial charge in [0.1, 0.15) is 0 Å². The van der Waals surface area contributed by atoms with E-state index in [1.54, 1.807) is 11.3 Å². The smallest absolute Gasteiger partial charge is 0.234 e. The van der Waals surface area contributed by atoms with E-state index in [0.717, 1.165) is 32.5 Å². The quantitative estimate of drug-likeness (QED) is 0.845. The molecule has 1 aliphatic heterocycles. The minimum atomic E-state index is 0.133. The van der Waals surface area contributed by atoms with Crippen LogP contribution in [0, 0.1) is 0 Å². The van der Waals surface area contributed by atoms with Gasteiger partial charge < -0.3 is 5.32 Å². The molecule has 0 aromatic carbocycles. The van der Waals surface area contributed by atoms with Crippen molar-refractivity contribution in [3.8, 4) is 0 Å². The molecular weight excluding hydrogens is 308 g/mol. The molecule has 0 aliphatic carbocycles. The van der Waals surface area contributed by atoms with Crippen LogP contribution in [0.2, 0.25) is 0 Å². The number of piperidine rings is 1. The summed E-state index contributed by atoms with van der Waals surface area (Å²) in [4.78, 5) is 15.8. The third-order valence-corrected chi connectivity index (χ3v) is 5.26. The predicted molar refractivity (Wildman–Crippen MR) is 92.5 cm³/mol. The van der Waals surface area contributed by atoms with Crippen molar-refractivity contribution in [3.05, 3.63) is 40.8 Å². The van der Waals surface area contributed by atoms with Crippen molar-refractivity contribution < 1.29 is 4.79 Å². The van der Waals surface area contributed by atoms with Crippen LogP contribution in [0.1, 0.15) is 24.1 Å². The summed E-state index contributed by atoms with van der Waals surface area (Å²) in [5, 5.41) is 9.42. The third-order valence-electron chi connectivity index (χ3n) is 4.33. The van der Waals surface area contributed by atoms with Crippen LogP contribution in [0.15, 0.2) is 36.0 Å². The van der Waals surface area contributed by atoms with Crippen LogP contribution >= 0.6 is 11.3 Å². The second kappa shape index (κ2) is 8.26. The minimum absolute atomic E-state index is 0.133. The van der Waals surface area contributed by atoms with Gasteiger partial charge in [-0.2, -0.15) is 5.10 Å². The Morgan fingerprint density at radius 1 is 1.39 bits per heavy atom. The minimum Gasteiger partial charge on any atom is -0.355 e. The molecule has 2 aromatic rings. The summed E-state index contributed by atoms with van der Waals surface area (Å²) in [5.74, 6) is 0.133. The molecule has 23 heavy (non-hydrogen) atoms. The average Bonchev–Trinajstić information content (AvgIpc) is 3.23. The van der Waals surface area contributed by atoms with Crippen molar-refractivity contribution in [2.75, 3.05) is 19.6 Å². The number of carbonyl (C=O) groups excluding carboxylic acids is 1. The lowest BCUT2D eigenvalue weighted by Crippen LogP contribution is -2.47. The Hall–Kier alpha value is -1.66. The van der Waals surface area contributed by atoms with Crippen molar-refractivity contribution in [1.82, 2.24) is 20.0 Å². The maximum atomic E-state index is 12.2. The van der Waals surface area contributed by atoms with Gasteiger partial charge in [0.05, 0.1) is 13.1 Å². The topological polar surface area (TPSA) is 50.2 Å². The molecule has 2 aromatic heterocycles. The summed E-state index contributed by atoms with van der Waals surface area (Å²) >= 11 is 1.74. The fraction of sp³-hybridized carbons (Fsp3) is 0.529. The molecule has 1 atom stereocenters. The Labute approximate surface area is 141 Å². The van der Waals surface area contributed by atoms with Gasteiger partial charge in [-0.25, -0.2) is 0 Å². The van der Waals surface area contributed by atoms with Gasteiger partial charge in [0, 0.05) is 29.9 Å². The van der Waals surface area contributed by atoms with Crippen LogP contribution in [-0.4, -0.2) is 46.3 Å². The van der Waals surface area contributed by atoms with E-state index in [-0.39, 0.29) is 5.91 Å². The van der Waals surface area contributed by atoms with Crippen molar-refractivity contribution in [1.29, 1.82) is 0 Å². The number of hydrogen-bond donors (Lipinski definition) is 1. The molecule has 0 spiro atoms. The molecule has 0 radical (unpaired) electrons. The molecule has 1 amide bonds. The van der Waals surface area contributed by atoms with E-state index in [0.29, 0.717) is 12.6 Å². The van der Waals surface area contributed by atoms with Crippen LogP contribution in [-0.2, 0) is 17.8 Å². The number of carbonyl (C=O) groups is 1. The highest BCUT2D eigenvalue weighted by Crippen LogP contribution is 2.18. The molecule has 1 saturated heterocycles. The maximum Gasteiger partial charge on any atom is 0.234 e. The Morgan fingerprint density at radius 2 is 2.35 bits per heavy atom. The number of nitrogens with zero attached hydrogens (tertiary/aromatic N) is 3. The molecule has 0 bridgehead atoms. The van der Waals surface area contributed by atoms with E-state index in [9.17, 15) is 4.79 Å². The standard InChI is InChI=1S/C17H24N4OS/c22-17(18-9-7-16-6-3-12-23-16)14-20-10-2-1-5-15(20)13-21-11-4-8-19-21/h3-4,6,8,11-12,15H,1-2,5,7,9-10,13-14H2,(H,18,22)/t15-/m0/s1. The SMILES string of the molecule is O=C(CN1CCCC[C@H]1Cn1cccn1)NCCc1cccs1. The highest BCUT2D eigenvalue weighted by Gasteiger charge is 2.24. The van der Waals surface area contributed by atoms with Crippen LogP contribution < -0.4 is 5.32 Å². The van der Waals surface area contributed by atoms with E-state index < -0.39 is 0 Å². The van der Waals surface area contributed by atoms with Crippen LogP contribution in [0.5, 0.6) is 0 Å². The summed E-state index contributed by atoms with van der Waals surface area (Å²) in [6.45, 7) is 3.09. The molecule has 124 valence electrons. The van der Waals surface area contributed by atoms with E-state index in [1.165, 1.54) is 17.7 Å². The van der Waals surface area contributed by atoms with Crippen molar-refractivity contribution in [2.24, 2.45) is 0 Å². The lowest BCUT2D eigenvalue weighted by molar-refractivity contribution is -0.123. The van der Waals surface area contributed by atoms with Crippen molar-refractivity contribution >= 4 is 17.2 Å². The molecule has 0 saturated carbocycles. The zero-order chi connectivity index (χ0) is 15.9. The normalized spacial score (nSPS) is 18.9. The first-order valence-electron chi connectivity index (χ1n) is 8.32. The van der Waals surface area contributed by atoms with Crippen LogP contribution in [0.4, 0.5) is 0 Å². The first-order chi connectivity index (χ1) is 11.3. The summed E-state index contributed by atoms with van der Waals surface area (Å²) in [5.41, 5.74) is 0. The van der Waals surface area contributed by atoms with E-state index in [4.69, 9.17) is 0 Å². The lowest BCUT2D eigenvalue weighted by atomic mass is 10.0. The van der Waals surface area contributed by atoms with E-state index in [2.05, 4.69) is 32.8 Å². The highest BCUT2D eigenvalue weighted by molar-refractivity contribution is 7.09. The van der Waals surface area contributed by atoms with Gasteiger partial charge >= 0.3 is 0 Å². The number of aromatic nitrogens is 2. The Kier molecular flexibility index (Phi) is 5.82. The second-order valence-corrected chi connectivity index (χ2v) is 7.06. The Morgan fingerprint density at radius 3 is 3.13 bits per heavy atom.